The van der Waals surface area contributed by atoms with Crippen LogP contribution in [0.25, 0.3) is 86.6 Å². The Hall–Kier alpha value is -7.52. The Morgan fingerprint density at radius 2 is 0.733 bits per heavy atom. The topological polar surface area (TPSA) is 3.24 Å². The molecule has 11 aromatic rings. The maximum absolute atomic E-state index is 2.43. The first-order valence-corrected chi connectivity index (χ1v) is 21.3. The van der Waals surface area contributed by atoms with Crippen molar-refractivity contribution in [3.63, 3.8) is 0 Å². The first-order chi connectivity index (χ1) is 29.7. The van der Waals surface area contributed by atoms with E-state index in [0.717, 1.165) is 11.4 Å². The van der Waals surface area contributed by atoms with Gasteiger partial charge < -0.3 is 4.90 Å². The third-order valence-corrected chi connectivity index (χ3v) is 12.9. The van der Waals surface area contributed by atoms with Gasteiger partial charge in [0.1, 0.15) is 0 Å². The molecule has 0 aliphatic heterocycles. The fourth-order valence-electron chi connectivity index (χ4n) is 8.72. The Bertz CT molecular complexity index is 3290. The van der Waals surface area contributed by atoms with Gasteiger partial charge >= 0.3 is 0 Å². The predicted molar refractivity (Wildman–Crippen MR) is 259 cm³/mol. The Labute approximate surface area is 354 Å². The highest BCUT2D eigenvalue weighted by Gasteiger charge is 2.19. The highest BCUT2D eigenvalue weighted by atomic mass is 32.1. The van der Waals surface area contributed by atoms with Gasteiger partial charge in [-0.1, -0.05) is 188 Å². The fraction of sp³-hybridized carbons (Fsp3) is 0. The number of fused-ring (bicyclic) bond motifs is 4. The van der Waals surface area contributed by atoms with Crippen LogP contribution < -0.4 is 4.90 Å². The molecule has 0 aliphatic rings. The van der Waals surface area contributed by atoms with Crippen LogP contribution in [0.3, 0.4) is 0 Å². The Morgan fingerprint density at radius 1 is 0.283 bits per heavy atom. The quantitative estimate of drug-likeness (QED) is 0.148. The van der Waals surface area contributed by atoms with Gasteiger partial charge in [0, 0.05) is 26.8 Å². The van der Waals surface area contributed by atoms with E-state index in [9.17, 15) is 0 Å². The zero-order chi connectivity index (χ0) is 39.8. The molecule has 11 rings (SSSR count). The molecular formula is C58H39NS. The van der Waals surface area contributed by atoms with Crippen molar-refractivity contribution in [3.8, 4) is 55.6 Å². The van der Waals surface area contributed by atoms with Crippen molar-refractivity contribution in [3.05, 3.63) is 237 Å². The lowest BCUT2D eigenvalue weighted by Gasteiger charge is -2.26. The monoisotopic (exact) mass is 781 g/mol. The number of rotatable bonds is 8. The van der Waals surface area contributed by atoms with E-state index < -0.39 is 0 Å². The molecule has 0 unspecified atom stereocenters. The molecule has 0 N–H and O–H groups in total. The molecule has 0 aliphatic carbocycles. The van der Waals surface area contributed by atoms with Gasteiger partial charge in [0.25, 0.3) is 0 Å². The Balaban J connectivity index is 0.999. The Kier molecular flexibility index (Phi) is 9.11. The maximum atomic E-state index is 2.43. The number of anilines is 3. The van der Waals surface area contributed by atoms with Gasteiger partial charge in [-0.2, -0.15) is 0 Å². The summed E-state index contributed by atoms with van der Waals surface area (Å²) in [4.78, 5) is 2.43. The number of hydrogen-bond donors (Lipinski definition) is 0. The van der Waals surface area contributed by atoms with E-state index in [0.29, 0.717) is 0 Å². The molecule has 1 aromatic heterocycles. The lowest BCUT2D eigenvalue weighted by Crippen LogP contribution is -2.10. The van der Waals surface area contributed by atoms with E-state index in [4.69, 9.17) is 0 Å². The summed E-state index contributed by atoms with van der Waals surface area (Å²) < 4.78 is 2.57. The standard InChI is InChI=1S/C58H39NS/c1-3-14-40(15-4-1)45-28-26-42-27-29-46(39-47(42)38-45)41-30-34-48(35-31-41)59(56-24-13-23-55-54-22-11-12-25-57(54)60-58(55)56)49-36-32-44(33-37-49)51-19-8-10-21-53(51)52-20-9-7-18-50(52)43-16-5-2-6-17-43/h1-39H. The van der Waals surface area contributed by atoms with Gasteiger partial charge in [0.05, 0.1) is 10.4 Å². The summed E-state index contributed by atoms with van der Waals surface area (Å²) in [7, 11) is 0. The smallest absolute Gasteiger partial charge is 0.0640 e. The molecule has 0 atom stereocenters. The average molecular weight is 782 g/mol. The third kappa shape index (κ3) is 6.54. The van der Waals surface area contributed by atoms with Crippen molar-refractivity contribution < 1.29 is 0 Å². The zero-order valence-electron chi connectivity index (χ0n) is 32.9. The summed E-state index contributed by atoms with van der Waals surface area (Å²) in [6.07, 6.45) is 0. The second-order valence-electron chi connectivity index (χ2n) is 15.3. The van der Waals surface area contributed by atoms with Gasteiger partial charge in [-0.05, 0) is 115 Å². The first kappa shape index (κ1) is 35.6. The summed E-state index contributed by atoms with van der Waals surface area (Å²) >= 11 is 1.86. The van der Waals surface area contributed by atoms with E-state index in [1.807, 2.05) is 11.3 Å². The second-order valence-corrected chi connectivity index (χ2v) is 16.3. The van der Waals surface area contributed by atoms with Crippen LogP contribution in [0.5, 0.6) is 0 Å². The lowest BCUT2D eigenvalue weighted by atomic mass is 9.89. The van der Waals surface area contributed by atoms with Crippen molar-refractivity contribution in [1.82, 2.24) is 0 Å². The van der Waals surface area contributed by atoms with E-state index in [1.165, 1.54) is 92.3 Å². The molecule has 0 saturated carbocycles. The van der Waals surface area contributed by atoms with Crippen LogP contribution in [0.2, 0.25) is 0 Å². The summed E-state index contributed by atoms with van der Waals surface area (Å²) in [5.41, 5.74) is 15.5. The molecule has 1 nitrogen and oxygen atoms in total. The molecule has 2 heteroatoms. The fourth-order valence-corrected chi connectivity index (χ4v) is 9.93. The minimum absolute atomic E-state index is 1.11. The van der Waals surface area contributed by atoms with E-state index in [2.05, 4.69) is 241 Å². The molecule has 60 heavy (non-hydrogen) atoms. The molecule has 0 radical (unpaired) electrons. The van der Waals surface area contributed by atoms with Gasteiger partial charge in [0.2, 0.25) is 0 Å². The summed E-state index contributed by atoms with van der Waals surface area (Å²) in [5, 5.41) is 5.05. The largest absolute Gasteiger partial charge is 0.309 e. The van der Waals surface area contributed by atoms with Crippen LogP contribution in [-0.2, 0) is 0 Å². The highest BCUT2D eigenvalue weighted by molar-refractivity contribution is 7.26. The number of benzene rings is 10. The summed E-state index contributed by atoms with van der Waals surface area (Å²) in [6.45, 7) is 0. The lowest BCUT2D eigenvalue weighted by molar-refractivity contribution is 1.30. The van der Waals surface area contributed by atoms with Crippen molar-refractivity contribution in [2.24, 2.45) is 0 Å². The average Bonchev–Trinajstić information content (AvgIpc) is 3.72. The SMILES string of the molecule is c1ccc(-c2ccc3ccc(-c4ccc(N(c5ccc(-c6ccccc6-c6ccccc6-c6ccccc6)cc5)c5cccc6c5sc5ccccc56)cc4)cc3c2)cc1. The van der Waals surface area contributed by atoms with Crippen molar-refractivity contribution in [1.29, 1.82) is 0 Å². The highest BCUT2D eigenvalue weighted by Crippen LogP contribution is 2.46. The normalized spacial score (nSPS) is 11.3. The molecule has 10 aromatic carbocycles. The van der Waals surface area contributed by atoms with Crippen molar-refractivity contribution in [2.75, 3.05) is 4.90 Å². The molecule has 1 heterocycles. The van der Waals surface area contributed by atoms with Crippen LogP contribution in [0, 0.1) is 0 Å². The van der Waals surface area contributed by atoms with E-state index in [-0.39, 0.29) is 0 Å². The minimum Gasteiger partial charge on any atom is -0.309 e. The molecule has 0 spiro atoms. The van der Waals surface area contributed by atoms with Gasteiger partial charge in [-0.3, -0.25) is 0 Å². The van der Waals surface area contributed by atoms with Gasteiger partial charge in [-0.15, -0.1) is 11.3 Å². The molecule has 0 bridgehead atoms. The first-order valence-electron chi connectivity index (χ1n) is 20.5. The Morgan fingerprint density at radius 3 is 1.35 bits per heavy atom. The van der Waals surface area contributed by atoms with Crippen LogP contribution >= 0.6 is 11.3 Å². The van der Waals surface area contributed by atoms with E-state index in [1.54, 1.807) is 0 Å². The molecular weight excluding hydrogens is 743 g/mol. The summed E-state index contributed by atoms with van der Waals surface area (Å²) in [5.74, 6) is 0. The van der Waals surface area contributed by atoms with Crippen LogP contribution in [-0.4, -0.2) is 0 Å². The number of hydrogen-bond acceptors (Lipinski definition) is 2. The molecule has 282 valence electrons. The summed E-state index contributed by atoms with van der Waals surface area (Å²) in [6, 6.07) is 86.1. The van der Waals surface area contributed by atoms with E-state index >= 15 is 0 Å². The minimum atomic E-state index is 1.11. The van der Waals surface area contributed by atoms with Gasteiger partial charge in [-0.25, -0.2) is 0 Å². The molecule has 0 amide bonds. The van der Waals surface area contributed by atoms with Crippen LogP contribution in [0.4, 0.5) is 17.1 Å². The van der Waals surface area contributed by atoms with Crippen LogP contribution in [0.1, 0.15) is 0 Å². The molecule has 0 fully saturated rings. The third-order valence-electron chi connectivity index (χ3n) is 11.7. The predicted octanol–water partition coefficient (Wildman–Crippen LogP) is 17.0. The molecule has 0 saturated heterocycles. The van der Waals surface area contributed by atoms with Crippen molar-refractivity contribution in [2.45, 2.75) is 0 Å². The second kappa shape index (κ2) is 15.3. The number of thiophene rings is 1. The number of nitrogens with zero attached hydrogens (tertiary/aromatic N) is 1. The van der Waals surface area contributed by atoms with Crippen molar-refractivity contribution >= 4 is 59.3 Å². The maximum Gasteiger partial charge on any atom is 0.0640 e. The zero-order valence-corrected chi connectivity index (χ0v) is 33.7. The van der Waals surface area contributed by atoms with Crippen LogP contribution in [0.15, 0.2) is 237 Å². The van der Waals surface area contributed by atoms with Gasteiger partial charge in [0.15, 0.2) is 0 Å².